The third-order valence-corrected chi connectivity index (χ3v) is 3.75. The predicted octanol–water partition coefficient (Wildman–Crippen LogP) is 5.92. The molecule has 0 spiro atoms. The van der Waals surface area contributed by atoms with Crippen LogP contribution in [0.15, 0.2) is 36.4 Å². The molecule has 0 bridgehead atoms. The quantitative estimate of drug-likeness (QED) is 0.655. The van der Waals surface area contributed by atoms with E-state index >= 15 is 0 Å². The van der Waals surface area contributed by atoms with Crippen LogP contribution in [0.5, 0.6) is 0 Å². The zero-order valence-electron chi connectivity index (χ0n) is 10.6. The molecule has 8 heteroatoms. The van der Waals surface area contributed by atoms with Crippen LogP contribution in [0.3, 0.4) is 0 Å². The molecule has 2 rings (SSSR count). The zero-order chi connectivity index (χ0) is 16.5. The molecular weight excluding hydrogens is 362 g/mol. The van der Waals surface area contributed by atoms with Gasteiger partial charge in [0, 0.05) is 5.56 Å². The number of carbonyl (C=O) groups excluding carboxylic acids is 1. The Labute approximate surface area is 138 Å². The summed E-state index contributed by atoms with van der Waals surface area (Å²) < 4.78 is 37.9. The Bertz CT molecular complexity index is 732. The van der Waals surface area contributed by atoms with Gasteiger partial charge >= 0.3 is 6.18 Å². The van der Waals surface area contributed by atoms with Crippen LogP contribution in [0.25, 0.3) is 0 Å². The average molecular weight is 369 g/mol. The van der Waals surface area contributed by atoms with Crippen LogP contribution < -0.4 is 5.32 Å². The molecule has 0 radical (unpaired) electrons. The van der Waals surface area contributed by atoms with Gasteiger partial charge in [-0.1, -0.05) is 40.9 Å². The monoisotopic (exact) mass is 367 g/mol. The van der Waals surface area contributed by atoms with E-state index in [4.69, 9.17) is 34.8 Å². The molecule has 2 aromatic carbocycles. The van der Waals surface area contributed by atoms with Crippen LogP contribution in [0.1, 0.15) is 15.9 Å². The third kappa shape index (κ3) is 3.85. The molecule has 0 aliphatic heterocycles. The lowest BCUT2D eigenvalue weighted by atomic mass is 10.1. The van der Waals surface area contributed by atoms with Crippen molar-refractivity contribution in [1.82, 2.24) is 0 Å². The maximum absolute atomic E-state index is 12.6. The van der Waals surface area contributed by atoms with Crippen molar-refractivity contribution >= 4 is 46.4 Å². The van der Waals surface area contributed by atoms with Gasteiger partial charge in [0.1, 0.15) is 0 Å². The second kappa shape index (κ2) is 6.36. The zero-order valence-corrected chi connectivity index (χ0v) is 12.9. The minimum Gasteiger partial charge on any atom is -0.321 e. The van der Waals surface area contributed by atoms with Crippen LogP contribution >= 0.6 is 34.8 Å². The highest BCUT2D eigenvalue weighted by Gasteiger charge is 2.30. The summed E-state index contributed by atoms with van der Waals surface area (Å²) in [5.74, 6) is -0.744. The van der Waals surface area contributed by atoms with Gasteiger partial charge in [-0.05, 0) is 30.3 Å². The van der Waals surface area contributed by atoms with Gasteiger partial charge in [-0.3, -0.25) is 4.79 Å². The molecule has 0 aromatic heterocycles. The minimum atomic E-state index is -4.53. The second-order valence-corrected chi connectivity index (χ2v) is 5.50. The molecule has 1 amide bonds. The lowest BCUT2D eigenvalue weighted by Crippen LogP contribution is -2.14. The van der Waals surface area contributed by atoms with Gasteiger partial charge in [-0.25, -0.2) is 0 Å². The van der Waals surface area contributed by atoms with Crippen LogP contribution in [-0.2, 0) is 6.18 Å². The molecule has 0 fully saturated rings. The van der Waals surface area contributed by atoms with Crippen LogP contribution in [0, 0.1) is 0 Å². The summed E-state index contributed by atoms with van der Waals surface area (Å²) in [6.45, 7) is 0. The SMILES string of the molecule is O=C(Nc1cc(Cl)c(Cl)cc1Cl)c1cccc(C(F)(F)F)c1. The molecule has 0 saturated heterocycles. The average Bonchev–Trinajstić information content (AvgIpc) is 2.44. The van der Waals surface area contributed by atoms with Gasteiger partial charge in [0.05, 0.1) is 26.3 Å². The first-order valence-corrected chi connectivity index (χ1v) is 6.95. The van der Waals surface area contributed by atoms with Crippen molar-refractivity contribution in [2.75, 3.05) is 5.32 Å². The maximum atomic E-state index is 12.6. The number of rotatable bonds is 2. The molecule has 0 atom stereocenters. The largest absolute Gasteiger partial charge is 0.416 e. The molecule has 0 aliphatic carbocycles. The molecule has 2 aromatic rings. The van der Waals surface area contributed by atoms with Crippen molar-refractivity contribution in [3.8, 4) is 0 Å². The molecule has 0 saturated carbocycles. The fraction of sp³-hybridized carbons (Fsp3) is 0.0714. The molecular formula is C14H7Cl3F3NO. The van der Waals surface area contributed by atoms with Gasteiger partial charge in [-0.15, -0.1) is 0 Å². The number of nitrogens with one attached hydrogen (secondary N) is 1. The van der Waals surface area contributed by atoms with E-state index in [0.717, 1.165) is 18.2 Å². The Hall–Kier alpha value is -1.43. The number of carbonyl (C=O) groups is 1. The number of halogens is 6. The summed E-state index contributed by atoms with van der Waals surface area (Å²) in [6, 6.07) is 6.68. The van der Waals surface area contributed by atoms with Crippen molar-refractivity contribution in [3.63, 3.8) is 0 Å². The van der Waals surface area contributed by atoms with Gasteiger partial charge in [0.2, 0.25) is 0 Å². The van der Waals surface area contributed by atoms with Crippen molar-refractivity contribution in [1.29, 1.82) is 0 Å². The molecule has 22 heavy (non-hydrogen) atoms. The predicted molar refractivity (Wildman–Crippen MR) is 80.9 cm³/mol. The molecule has 0 heterocycles. The van der Waals surface area contributed by atoms with Gasteiger partial charge in [0.15, 0.2) is 0 Å². The van der Waals surface area contributed by atoms with Crippen LogP contribution in [0.4, 0.5) is 18.9 Å². The molecule has 1 N–H and O–H groups in total. The summed E-state index contributed by atoms with van der Waals surface area (Å²) in [5, 5.41) is 2.87. The number of hydrogen-bond acceptors (Lipinski definition) is 1. The first kappa shape index (κ1) is 16.9. The Kier molecular flexibility index (Phi) is 4.90. The van der Waals surface area contributed by atoms with Gasteiger partial charge in [0.25, 0.3) is 5.91 Å². The van der Waals surface area contributed by atoms with E-state index in [2.05, 4.69) is 5.32 Å². The van der Waals surface area contributed by atoms with E-state index in [0.29, 0.717) is 0 Å². The minimum absolute atomic E-state index is 0.120. The summed E-state index contributed by atoms with van der Waals surface area (Å²) in [6.07, 6.45) is -4.53. The highest BCUT2D eigenvalue weighted by molar-refractivity contribution is 6.44. The van der Waals surface area contributed by atoms with Crippen molar-refractivity contribution < 1.29 is 18.0 Å². The number of alkyl halides is 3. The molecule has 0 unspecified atom stereocenters. The summed E-state index contributed by atoms with van der Waals surface area (Å²) in [5.41, 5.74) is -0.921. The summed E-state index contributed by atoms with van der Waals surface area (Å²) in [4.78, 5) is 12.0. The van der Waals surface area contributed by atoms with Crippen LogP contribution in [0.2, 0.25) is 15.1 Å². The maximum Gasteiger partial charge on any atom is 0.416 e. The highest BCUT2D eigenvalue weighted by Crippen LogP contribution is 2.33. The lowest BCUT2D eigenvalue weighted by molar-refractivity contribution is -0.137. The van der Waals surface area contributed by atoms with Crippen molar-refractivity contribution in [3.05, 3.63) is 62.6 Å². The van der Waals surface area contributed by atoms with E-state index in [1.807, 2.05) is 0 Å². The number of amides is 1. The second-order valence-electron chi connectivity index (χ2n) is 4.28. The Morgan fingerprint density at radius 2 is 1.59 bits per heavy atom. The lowest BCUT2D eigenvalue weighted by Gasteiger charge is -2.11. The van der Waals surface area contributed by atoms with E-state index in [1.54, 1.807) is 0 Å². The fourth-order valence-corrected chi connectivity index (χ4v) is 2.24. The molecule has 116 valence electrons. The number of anilines is 1. The van der Waals surface area contributed by atoms with E-state index in [1.165, 1.54) is 18.2 Å². The van der Waals surface area contributed by atoms with E-state index < -0.39 is 17.6 Å². The number of hydrogen-bond donors (Lipinski definition) is 1. The Balaban J connectivity index is 2.29. The molecule has 0 aliphatic rings. The Morgan fingerprint density at radius 1 is 0.955 bits per heavy atom. The summed E-state index contributed by atoms with van der Waals surface area (Å²) in [7, 11) is 0. The van der Waals surface area contributed by atoms with Gasteiger partial charge < -0.3 is 5.32 Å². The highest BCUT2D eigenvalue weighted by atomic mass is 35.5. The standard InChI is InChI=1S/C14H7Cl3F3NO/c15-9-5-11(17)12(6-10(9)16)21-13(22)7-2-1-3-8(4-7)14(18,19)20/h1-6H,(H,21,22). The molecule has 2 nitrogen and oxygen atoms in total. The normalized spacial score (nSPS) is 11.4. The van der Waals surface area contributed by atoms with Crippen LogP contribution in [-0.4, -0.2) is 5.91 Å². The van der Waals surface area contributed by atoms with Gasteiger partial charge in [-0.2, -0.15) is 13.2 Å². The summed E-state index contributed by atoms with van der Waals surface area (Å²) >= 11 is 17.5. The van der Waals surface area contributed by atoms with E-state index in [9.17, 15) is 18.0 Å². The number of benzene rings is 2. The fourth-order valence-electron chi connectivity index (χ4n) is 1.65. The smallest absolute Gasteiger partial charge is 0.321 e. The topological polar surface area (TPSA) is 29.1 Å². The van der Waals surface area contributed by atoms with Crippen molar-refractivity contribution in [2.24, 2.45) is 0 Å². The van der Waals surface area contributed by atoms with Crippen molar-refractivity contribution in [2.45, 2.75) is 6.18 Å². The first-order chi connectivity index (χ1) is 10.2. The third-order valence-electron chi connectivity index (χ3n) is 2.71. The first-order valence-electron chi connectivity index (χ1n) is 5.81. The van der Waals surface area contributed by atoms with E-state index in [-0.39, 0.29) is 26.3 Å². The Morgan fingerprint density at radius 3 is 2.23 bits per heavy atom.